The molecule has 128 valence electrons. The molecule has 0 aliphatic carbocycles. The topological polar surface area (TPSA) is 83.4 Å². The van der Waals surface area contributed by atoms with Crippen molar-refractivity contribution in [2.24, 2.45) is 0 Å². The van der Waals surface area contributed by atoms with Gasteiger partial charge in [0.2, 0.25) is 0 Å². The number of rotatable bonds is 4. The molecule has 8 heteroatoms. The minimum absolute atomic E-state index is 0.112. The summed E-state index contributed by atoms with van der Waals surface area (Å²) in [5.41, 5.74) is 0.264. The number of hydrogen-bond acceptors (Lipinski definition) is 5. The second kappa shape index (κ2) is 5.85. The molecule has 24 heavy (non-hydrogen) atoms. The van der Waals surface area contributed by atoms with Crippen molar-refractivity contribution in [3.05, 3.63) is 34.5 Å². The highest BCUT2D eigenvalue weighted by atomic mass is 16.1. The molecule has 0 saturated heterocycles. The Morgan fingerprint density at radius 1 is 1.21 bits per heavy atom. The summed E-state index contributed by atoms with van der Waals surface area (Å²) in [6, 6.07) is 0. The second-order valence-electron chi connectivity index (χ2n) is 6.96. The predicted molar refractivity (Wildman–Crippen MR) is 90.9 cm³/mol. The molecular formula is C16H23N7O. The Kier molecular flexibility index (Phi) is 3.98. The minimum atomic E-state index is -0.230. The van der Waals surface area contributed by atoms with Crippen molar-refractivity contribution < 1.29 is 0 Å². The molecule has 0 bridgehead atoms. The fourth-order valence-electron chi connectivity index (χ4n) is 2.76. The van der Waals surface area contributed by atoms with E-state index in [1.54, 1.807) is 21.8 Å². The molecule has 0 atom stereocenters. The average molecular weight is 329 g/mol. The highest BCUT2D eigenvalue weighted by Gasteiger charge is 2.20. The summed E-state index contributed by atoms with van der Waals surface area (Å²) in [4.78, 5) is 17.2. The third kappa shape index (κ3) is 2.72. The van der Waals surface area contributed by atoms with E-state index in [1.807, 2.05) is 32.3 Å². The molecule has 0 unspecified atom stereocenters. The van der Waals surface area contributed by atoms with Crippen molar-refractivity contribution in [1.29, 1.82) is 0 Å². The van der Waals surface area contributed by atoms with E-state index in [0.717, 1.165) is 24.6 Å². The zero-order valence-electron chi connectivity index (χ0n) is 14.8. The lowest BCUT2D eigenvalue weighted by atomic mass is 10.1. The first-order valence-corrected chi connectivity index (χ1v) is 8.15. The van der Waals surface area contributed by atoms with Gasteiger partial charge in [-0.05, 0) is 34.1 Å². The maximum absolute atomic E-state index is 12.8. The van der Waals surface area contributed by atoms with E-state index in [-0.39, 0.29) is 11.1 Å². The average Bonchev–Trinajstić information content (AvgIpc) is 3.08. The SMILES string of the molecule is CCCn1c(C)nnc1Cn1cnc2c(cnn2C(C)(C)C)c1=O. The van der Waals surface area contributed by atoms with Crippen LogP contribution < -0.4 is 5.56 Å². The fraction of sp³-hybridized carbons (Fsp3) is 0.562. The summed E-state index contributed by atoms with van der Waals surface area (Å²) in [5.74, 6) is 1.62. The molecule has 0 aliphatic rings. The maximum atomic E-state index is 12.8. The van der Waals surface area contributed by atoms with E-state index in [2.05, 4.69) is 27.2 Å². The molecule has 3 aromatic rings. The van der Waals surface area contributed by atoms with E-state index in [9.17, 15) is 4.79 Å². The van der Waals surface area contributed by atoms with Crippen LogP contribution in [0.1, 0.15) is 45.8 Å². The quantitative estimate of drug-likeness (QED) is 0.727. The molecule has 0 amide bonds. The van der Waals surface area contributed by atoms with Crippen LogP contribution in [0, 0.1) is 6.92 Å². The minimum Gasteiger partial charge on any atom is -0.314 e. The summed E-state index contributed by atoms with van der Waals surface area (Å²) < 4.78 is 5.37. The molecule has 0 radical (unpaired) electrons. The highest BCUT2D eigenvalue weighted by Crippen LogP contribution is 2.17. The number of hydrogen-bond donors (Lipinski definition) is 0. The van der Waals surface area contributed by atoms with Gasteiger partial charge in [0.15, 0.2) is 11.5 Å². The standard InChI is InChI=1S/C16H23N7O/c1-6-7-22-11(2)19-20-13(22)9-21-10-17-14-12(15(21)24)8-18-23(14)16(3,4)5/h8,10H,6-7,9H2,1-5H3. The Morgan fingerprint density at radius 3 is 2.62 bits per heavy atom. The van der Waals surface area contributed by atoms with Crippen molar-refractivity contribution in [2.45, 2.75) is 59.7 Å². The first kappa shape index (κ1) is 16.4. The molecule has 0 N–H and O–H groups in total. The van der Waals surface area contributed by atoms with Crippen LogP contribution in [-0.2, 0) is 18.6 Å². The maximum Gasteiger partial charge on any atom is 0.264 e. The van der Waals surface area contributed by atoms with E-state index in [1.165, 1.54) is 0 Å². The Balaban J connectivity index is 2.03. The molecule has 0 saturated carbocycles. The molecule has 3 rings (SSSR count). The van der Waals surface area contributed by atoms with Gasteiger partial charge in [-0.3, -0.25) is 9.36 Å². The fourth-order valence-corrected chi connectivity index (χ4v) is 2.76. The molecule has 0 spiro atoms. The van der Waals surface area contributed by atoms with E-state index < -0.39 is 0 Å². The Hall–Kier alpha value is -2.51. The first-order chi connectivity index (χ1) is 11.3. The van der Waals surface area contributed by atoms with Crippen molar-refractivity contribution in [3.8, 4) is 0 Å². The third-order valence-corrected chi connectivity index (χ3v) is 3.96. The number of nitrogens with zero attached hydrogens (tertiary/aromatic N) is 7. The van der Waals surface area contributed by atoms with Crippen LogP contribution in [-0.4, -0.2) is 34.1 Å². The van der Waals surface area contributed by atoms with Gasteiger partial charge in [0, 0.05) is 6.54 Å². The van der Waals surface area contributed by atoms with Gasteiger partial charge in [0.25, 0.3) is 5.56 Å². The van der Waals surface area contributed by atoms with Crippen molar-refractivity contribution >= 4 is 11.0 Å². The second-order valence-corrected chi connectivity index (χ2v) is 6.96. The number of aromatic nitrogens is 7. The van der Waals surface area contributed by atoms with Crippen molar-refractivity contribution in [3.63, 3.8) is 0 Å². The van der Waals surface area contributed by atoms with Gasteiger partial charge in [0.1, 0.15) is 17.5 Å². The van der Waals surface area contributed by atoms with Gasteiger partial charge in [-0.1, -0.05) is 6.92 Å². The largest absolute Gasteiger partial charge is 0.314 e. The monoisotopic (exact) mass is 329 g/mol. The molecule has 0 aromatic carbocycles. The lowest BCUT2D eigenvalue weighted by molar-refractivity contribution is 0.365. The summed E-state index contributed by atoms with van der Waals surface area (Å²) >= 11 is 0. The van der Waals surface area contributed by atoms with Crippen molar-refractivity contribution in [2.75, 3.05) is 0 Å². The zero-order chi connectivity index (χ0) is 17.5. The Labute approximate surface area is 140 Å². The van der Waals surface area contributed by atoms with E-state index in [4.69, 9.17) is 0 Å². The molecular weight excluding hydrogens is 306 g/mol. The molecule has 8 nitrogen and oxygen atoms in total. The summed E-state index contributed by atoms with van der Waals surface area (Å²) in [7, 11) is 0. The number of fused-ring (bicyclic) bond motifs is 1. The lowest BCUT2D eigenvalue weighted by Gasteiger charge is -2.19. The van der Waals surface area contributed by atoms with Gasteiger partial charge in [-0.15, -0.1) is 10.2 Å². The van der Waals surface area contributed by atoms with Gasteiger partial charge in [0.05, 0.1) is 18.3 Å². The van der Waals surface area contributed by atoms with Gasteiger partial charge >= 0.3 is 0 Å². The van der Waals surface area contributed by atoms with E-state index in [0.29, 0.717) is 17.6 Å². The Morgan fingerprint density at radius 2 is 1.96 bits per heavy atom. The van der Waals surface area contributed by atoms with Gasteiger partial charge in [-0.25, -0.2) is 9.67 Å². The van der Waals surface area contributed by atoms with Crippen molar-refractivity contribution in [1.82, 2.24) is 34.1 Å². The van der Waals surface area contributed by atoms with Crippen LogP contribution in [0.2, 0.25) is 0 Å². The smallest absolute Gasteiger partial charge is 0.264 e. The van der Waals surface area contributed by atoms with Crippen LogP contribution in [0.15, 0.2) is 17.3 Å². The summed E-state index contributed by atoms with van der Waals surface area (Å²) in [5, 5.41) is 13.2. The summed E-state index contributed by atoms with van der Waals surface area (Å²) in [6.45, 7) is 11.3. The van der Waals surface area contributed by atoms with E-state index >= 15 is 0 Å². The van der Waals surface area contributed by atoms with Gasteiger partial charge < -0.3 is 4.57 Å². The third-order valence-electron chi connectivity index (χ3n) is 3.96. The van der Waals surface area contributed by atoms with Crippen LogP contribution in [0.4, 0.5) is 0 Å². The zero-order valence-corrected chi connectivity index (χ0v) is 14.8. The molecule has 0 aliphatic heterocycles. The highest BCUT2D eigenvalue weighted by molar-refractivity contribution is 5.73. The number of aryl methyl sites for hydroxylation is 1. The molecule has 0 fully saturated rings. The van der Waals surface area contributed by atoms with Crippen LogP contribution >= 0.6 is 0 Å². The molecule has 3 aromatic heterocycles. The normalized spacial score (nSPS) is 12.2. The van der Waals surface area contributed by atoms with Crippen LogP contribution in [0.5, 0.6) is 0 Å². The Bertz CT molecular complexity index is 926. The predicted octanol–water partition coefficient (Wildman–Crippen LogP) is 1.71. The van der Waals surface area contributed by atoms with Crippen LogP contribution in [0.3, 0.4) is 0 Å². The van der Waals surface area contributed by atoms with Gasteiger partial charge in [-0.2, -0.15) is 5.10 Å². The van der Waals surface area contributed by atoms with Crippen LogP contribution in [0.25, 0.3) is 11.0 Å². The molecule has 3 heterocycles. The first-order valence-electron chi connectivity index (χ1n) is 8.15. The summed E-state index contributed by atoms with van der Waals surface area (Å²) in [6.07, 6.45) is 4.14. The lowest BCUT2D eigenvalue weighted by Crippen LogP contribution is -2.26.